The van der Waals surface area contributed by atoms with Crippen LogP contribution < -0.4 is 5.32 Å². The van der Waals surface area contributed by atoms with Crippen LogP contribution in [0.2, 0.25) is 5.02 Å². The summed E-state index contributed by atoms with van der Waals surface area (Å²) in [4.78, 5) is 23.7. The maximum Gasteiger partial charge on any atom is 0.377 e. The summed E-state index contributed by atoms with van der Waals surface area (Å²) < 4.78 is 22.6. The largest absolute Gasteiger partial charge is 0.447 e. The van der Waals surface area contributed by atoms with Crippen molar-refractivity contribution in [1.82, 2.24) is 5.16 Å². The highest BCUT2D eigenvalue weighted by molar-refractivity contribution is 6.33. The van der Waals surface area contributed by atoms with E-state index < -0.39 is 23.8 Å². The van der Waals surface area contributed by atoms with Crippen molar-refractivity contribution in [3.05, 3.63) is 46.6 Å². The zero-order valence-electron chi connectivity index (χ0n) is 11.7. The van der Waals surface area contributed by atoms with Gasteiger partial charge in [0, 0.05) is 6.07 Å². The lowest BCUT2D eigenvalue weighted by atomic mass is 10.3. The van der Waals surface area contributed by atoms with Crippen LogP contribution in [0, 0.1) is 12.7 Å². The van der Waals surface area contributed by atoms with Crippen molar-refractivity contribution in [3.8, 4) is 0 Å². The monoisotopic (exact) mass is 326 g/mol. The average molecular weight is 327 g/mol. The van der Waals surface area contributed by atoms with Crippen LogP contribution in [-0.4, -0.2) is 23.1 Å². The number of halogens is 2. The Balaban J connectivity index is 1.98. The van der Waals surface area contributed by atoms with Crippen molar-refractivity contribution in [2.75, 3.05) is 5.32 Å². The minimum absolute atomic E-state index is 0.0396. The van der Waals surface area contributed by atoms with Gasteiger partial charge in [0.2, 0.25) is 5.76 Å². The van der Waals surface area contributed by atoms with Crippen LogP contribution in [0.25, 0.3) is 0 Å². The van der Waals surface area contributed by atoms with E-state index in [1.54, 1.807) is 6.92 Å². The van der Waals surface area contributed by atoms with Crippen LogP contribution in [0.3, 0.4) is 0 Å². The number of amides is 1. The molecular weight excluding hydrogens is 315 g/mol. The molecule has 0 spiro atoms. The van der Waals surface area contributed by atoms with Gasteiger partial charge >= 0.3 is 5.97 Å². The van der Waals surface area contributed by atoms with Crippen LogP contribution in [0.4, 0.5) is 10.1 Å². The van der Waals surface area contributed by atoms with Crippen molar-refractivity contribution in [2.24, 2.45) is 0 Å². The van der Waals surface area contributed by atoms with Crippen molar-refractivity contribution in [1.29, 1.82) is 0 Å². The molecule has 0 radical (unpaired) electrons. The molecular formula is C14H12ClFN2O4. The highest BCUT2D eigenvalue weighted by Crippen LogP contribution is 2.22. The van der Waals surface area contributed by atoms with Crippen molar-refractivity contribution in [3.63, 3.8) is 0 Å². The second-order valence-electron chi connectivity index (χ2n) is 4.49. The topological polar surface area (TPSA) is 81.4 Å². The number of carbonyl (C=O) groups is 2. The first kappa shape index (κ1) is 16.0. The molecule has 0 unspecified atom stereocenters. The summed E-state index contributed by atoms with van der Waals surface area (Å²) in [6.45, 7) is 3.03. The van der Waals surface area contributed by atoms with Gasteiger partial charge in [-0.2, -0.15) is 0 Å². The molecule has 0 aliphatic carbocycles. The third-order valence-corrected chi connectivity index (χ3v) is 2.98. The number of nitrogens with zero attached hydrogens (tertiary/aromatic N) is 1. The van der Waals surface area contributed by atoms with Gasteiger partial charge in [-0.25, -0.2) is 9.18 Å². The minimum atomic E-state index is -1.10. The predicted octanol–water partition coefficient (Wildman–Crippen LogP) is 2.96. The first-order valence-corrected chi connectivity index (χ1v) is 6.65. The van der Waals surface area contributed by atoms with Gasteiger partial charge in [-0.3, -0.25) is 4.79 Å². The van der Waals surface area contributed by atoms with Crippen LogP contribution >= 0.6 is 11.6 Å². The Bertz CT molecular complexity index is 717. The molecule has 1 atom stereocenters. The molecule has 0 saturated heterocycles. The third kappa shape index (κ3) is 3.82. The summed E-state index contributed by atoms with van der Waals surface area (Å²) in [5.74, 6) is -2.05. The molecule has 2 aromatic rings. The van der Waals surface area contributed by atoms with Gasteiger partial charge < -0.3 is 14.6 Å². The number of nitrogens with one attached hydrogen (secondary N) is 1. The molecule has 116 valence electrons. The molecule has 0 fully saturated rings. The van der Waals surface area contributed by atoms with E-state index in [4.69, 9.17) is 20.9 Å². The first-order chi connectivity index (χ1) is 10.4. The molecule has 22 heavy (non-hydrogen) atoms. The fourth-order valence-corrected chi connectivity index (χ4v) is 1.77. The normalized spacial score (nSPS) is 11.8. The van der Waals surface area contributed by atoms with Gasteiger partial charge in [0.1, 0.15) is 5.82 Å². The highest BCUT2D eigenvalue weighted by Gasteiger charge is 2.22. The number of carbonyl (C=O) groups excluding carboxylic acids is 2. The molecule has 0 aliphatic rings. The Kier molecular flexibility index (Phi) is 4.77. The first-order valence-electron chi connectivity index (χ1n) is 6.27. The summed E-state index contributed by atoms with van der Waals surface area (Å²) in [7, 11) is 0. The minimum Gasteiger partial charge on any atom is -0.447 e. The SMILES string of the molecule is Cc1cc(C(=O)O[C@H](C)C(=O)Nc2ccc(F)cc2Cl)on1. The Morgan fingerprint density at radius 3 is 2.73 bits per heavy atom. The Morgan fingerprint density at radius 2 is 2.14 bits per heavy atom. The number of hydrogen-bond donors (Lipinski definition) is 1. The number of hydrogen-bond acceptors (Lipinski definition) is 5. The average Bonchev–Trinajstić information content (AvgIpc) is 2.88. The van der Waals surface area contributed by atoms with Gasteiger partial charge in [0.05, 0.1) is 16.4 Å². The molecule has 0 aliphatic heterocycles. The lowest BCUT2D eigenvalue weighted by Crippen LogP contribution is -2.30. The lowest BCUT2D eigenvalue weighted by Gasteiger charge is -2.13. The van der Waals surface area contributed by atoms with Crippen LogP contribution in [0.1, 0.15) is 23.2 Å². The second-order valence-corrected chi connectivity index (χ2v) is 4.90. The molecule has 2 rings (SSSR count). The van der Waals surface area contributed by atoms with E-state index in [2.05, 4.69) is 10.5 Å². The van der Waals surface area contributed by atoms with Gasteiger partial charge in [-0.15, -0.1) is 0 Å². The summed E-state index contributed by atoms with van der Waals surface area (Å²) in [5.41, 5.74) is 0.730. The Hall–Kier alpha value is -2.41. The number of rotatable bonds is 4. The second kappa shape index (κ2) is 6.57. The molecule has 6 nitrogen and oxygen atoms in total. The fourth-order valence-electron chi connectivity index (χ4n) is 1.56. The van der Waals surface area contributed by atoms with Crippen molar-refractivity contribution in [2.45, 2.75) is 20.0 Å². The summed E-state index contributed by atoms with van der Waals surface area (Å²) in [5, 5.41) is 6.03. The lowest BCUT2D eigenvalue weighted by molar-refractivity contribution is -0.123. The van der Waals surface area contributed by atoms with Gasteiger partial charge in [-0.1, -0.05) is 16.8 Å². The van der Waals surface area contributed by atoms with Crippen LogP contribution in [-0.2, 0) is 9.53 Å². The number of benzene rings is 1. The molecule has 0 bridgehead atoms. The van der Waals surface area contributed by atoms with Gasteiger partial charge in [0.25, 0.3) is 5.91 Å². The van der Waals surface area contributed by atoms with Gasteiger partial charge in [-0.05, 0) is 32.0 Å². The molecule has 0 saturated carbocycles. The maximum atomic E-state index is 12.9. The number of esters is 1. The summed E-state index contributed by atoms with van der Waals surface area (Å²) >= 11 is 5.80. The molecule has 8 heteroatoms. The quantitative estimate of drug-likeness (QED) is 0.873. The van der Waals surface area contributed by atoms with Crippen molar-refractivity contribution < 1.29 is 23.2 Å². The molecule has 1 amide bonds. The number of aromatic nitrogens is 1. The van der Waals surface area contributed by atoms with E-state index in [1.807, 2.05) is 0 Å². The van der Waals surface area contributed by atoms with Crippen LogP contribution in [0.5, 0.6) is 0 Å². The maximum absolute atomic E-state index is 12.9. The van der Waals surface area contributed by atoms with Gasteiger partial charge in [0.15, 0.2) is 6.10 Å². The standard InChI is InChI=1S/C14H12ClFN2O4/c1-7-5-12(22-18-7)14(20)21-8(2)13(19)17-11-4-3-9(16)6-10(11)15/h3-6,8H,1-2H3,(H,17,19)/t8-/m1/s1. The van der Waals surface area contributed by atoms with E-state index >= 15 is 0 Å². The molecule has 1 aromatic heterocycles. The molecule has 1 heterocycles. The van der Waals surface area contributed by atoms with E-state index in [0.717, 1.165) is 12.1 Å². The Labute approximate surface area is 130 Å². The highest BCUT2D eigenvalue weighted by atomic mass is 35.5. The number of aryl methyl sites for hydroxylation is 1. The third-order valence-electron chi connectivity index (χ3n) is 2.67. The summed E-state index contributed by atoms with van der Waals surface area (Å²) in [6, 6.07) is 4.91. The molecule has 1 aromatic carbocycles. The van der Waals surface area contributed by atoms with E-state index in [-0.39, 0.29) is 16.5 Å². The zero-order chi connectivity index (χ0) is 16.3. The number of ether oxygens (including phenoxy) is 1. The molecule has 1 N–H and O–H groups in total. The van der Waals surface area contributed by atoms with E-state index in [1.165, 1.54) is 19.1 Å². The summed E-state index contributed by atoms with van der Waals surface area (Å²) in [6.07, 6.45) is -1.10. The Morgan fingerprint density at radius 1 is 1.41 bits per heavy atom. The van der Waals surface area contributed by atoms with E-state index in [9.17, 15) is 14.0 Å². The zero-order valence-corrected chi connectivity index (χ0v) is 12.5. The van der Waals surface area contributed by atoms with Crippen LogP contribution in [0.15, 0.2) is 28.8 Å². The smallest absolute Gasteiger partial charge is 0.377 e. The predicted molar refractivity (Wildman–Crippen MR) is 76.2 cm³/mol. The van der Waals surface area contributed by atoms with E-state index in [0.29, 0.717) is 5.69 Å². The fraction of sp³-hybridized carbons (Fsp3) is 0.214. The number of anilines is 1. The van der Waals surface area contributed by atoms with Crippen molar-refractivity contribution >= 4 is 29.2 Å².